The Bertz CT molecular complexity index is 1810. The summed E-state index contributed by atoms with van der Waals surface area (Å²) in [5.41, 5.74) is -2.24. The molecule has 0 aromatic carbocycles. The van der Waals surface area contributed by atoms with Crippen LogP contribution in [-0.4, -0.2) is 96.6 Å². The fourth-order valence-corrected chi connectivity index (χ4v) is 9.41. The van der Waals surface area contributed by atoms with E-state index in [2.05, 4.69) is 13.8 Å². The molecule has 0 N–H and O–H groups in total. The zero-order valence-corrected chi connectivity index (χ0v) is 51.3. The maximum Gasteiger partial charge on any atom is 0.344 e. The van der Waals surface area contributed by atoms with Gasteiger partial charge in [0.05, 0.1) is 41.9 Å². The molecule has 4 fully saturated rings. The van der Waals surface area contributed by atoms with E-state index in [1.807, 2.05) is 69.2 Å². The van der Waals surface area contributed by atoms with E-state index in [1.54, 1.807) is 13.8 Å². The van der Waals surface area contributed by atoms with Crippen molar-refractivity contribution in [2.24, 2.45) is 22.7 Å². The van der Waals surface area contributed by atoms with Gasteiger partial charge in [-0.1, -0.05) is 134 Å². The van der Waals surface area contributed by atoms with E-state index in [0.29, 0.717) is 6.42 Å². The highest BCUT2D eigenvalue weighted by Gasteiger charge is 2.37. The van der Waals surface area contributed by atoms with Crippen LogP contribution in [0.4, 0.5) is 0 Å². The first kappa shape index (κ1) is 98.0. The summed E-state index contributed by atoms with van der Waals surface area (Å²) < 4.78 is 42.6. The average Bonchev–Trinajstić information content (AvgIpc) is 3.85. The fraction of sp³-hybridized carbons (Fsp3) is 0.886. The van der Waals surface area contributed by atoms with Gasteiger partial charge >= 0.3 is 47.8 Å². The quantitative estimate of drug-likeness (QED) is 0.0614. The van der Waals surface area contributed by atoms with Crippen LogP contribution in [-0.2, 0) is 76.3 Å². The number of hydrogen-bond donors (Lipinski definition) is 0. The lowest BCUT2D eigenvalue weighted by atomic mass is 9.83. The molecule has 516 valence electrons. The van der Waals surface area contributed by atoms with Crippen molar-refractivity contribution in [2.45, 2.75) is 359 Å². The van der Waals surface area contributed by atoms with Crippen molar-refractivity contribution in [1.29, 1.82) is 0 Å². The van der Waals surface area contributed by atoms with Gasteiger partial charge in [-0.3, -0.25) is 33.6 Å². The standard InChI is InChI=1S/C17H30O4.C16H28O4.C15H26O4.C14H24O4.8CH4/c1-5-16(3,4)15(19)20-13-10-14(18)21-17(6-2)11-8-7-9-12-17;1-4-13(3)15(18)19-12-9-14(17)20-16(5-2)10-7-6-8-11-16;1-4-12(2)14(17)18-11-8-13(16)19-15(3)9-6-5-7-10-15;1-5-13(2,3)12(16)17-10-11(15)18-14(4)8-6-7-9-14;;;;;;;;/h5-13H2,1-4H3;13H,4-12H2,1-3H3;12H,4-11H2,1-3H3;5-10H2,1-4H3;8*1H4. The molecule has 16 nitrogen and oxygen atoms in total. The first-order valence-electron chi connectivity index (χ1n) is 30.2. The Morgan fingerprint density at radius 2 is 0.640 bits per heavy atom. The van der Waals surface area contributed by atoms with Crippen molar-refractivity contribution in [1.82, 2.24) is 0 Å². The maximum absolute atomic E-state index is 12.0. The third-order valence-electron chi connectivity index (χ3n) is 16.6. The predicted octanol–water partition coefficient (Wildman–Crippen LogP) is 18.8. The maximum atomic E-state index is 12.0. The van der Waals surface area contributed by atoms with Crippen molar-refractivity contribution >= 4 is 47.8 Å². The highest BCUT2D eigenvalue weighted by molar-refractivity contribution is 5.80. The van der Waals surface area contributed by atoms with Crippen LogP contribution in [0.5, 0.6) is 0 Å². The molecule has 0 aromatic rings. The molecule has 4 saturated carbocycles. The SMILES string of the molecule is C.C.C.C.C.C.C.C.CCC(C)(C)C(=O)OCC(=O)OC1(C)CCCC1.CCC(C)C(=O)OCCC(=O)OC1(C)CCCCC1.CCC(C)C(=O)OCCC(=O)OC1(CC)CCCCC1.CCC1(OC(=O)CCOC(=O)C(C)(C)CC)CCCCC1. The highest BCUT2D eigenvalue weighted by atomic mass is 16.6. The number of rotatable bonds is 25. The third-order valence-corrected chi connectivity index (χ3v) is 16.6. The van der Waals surface area contributed by atoms with Crippen LogP contribution >= 0.6 is 0 Å². The Hall–Kier alpha value is -4.24. The number of carbonyl (C=O) groups excluding carboxylic acids is 8. The lowest BCUT2D eigenvalue weighted by molar-refractivity contribution is -0.172. The molecule has 2 atom stereocenters. The molecule has 2 unspecified atom stereocenters. The van der Waals surface area contributed by atoms with E-state index in [-0.39, 0.29) is 181 Å². The van der Waals surface area contributed by atoms with Crippen molar-refractivity contribution in [3.8, 4) is 0 Å². The van der Waals surface area contributed by atoms with Gasteiger partial charge in [0.15, 0.2) is 6.61 Å². The Balaban J connectivity index is -0.000000153. The normalized spacial score (nSPS) is 17.0. The first-order chi connectivity index (χ1) is 36.6. The van der Waals surface area contributed by atoms with Crippen molar-refractivity contribution < 1.29 is 76.3 Å². The van der Waals surface area contributed by atoms with Crippen molar-refractivity contribution in [3.05, 3.63) is 0 Å². The summed E-state index contributed by atoms with van der Waals surface area (Å²) in [6.07, 6.45) is 25.2. The van der Waals surface area contributed by atoms with E-state index < -0.39 is 16.8 Å². The van der Waals surface area contributed by atoms with Crippen molar-refractivity contribution in [3.63, 3.8) is 0 Å². The third kappa shape index (κ3) is 38.2. The molecular weight excluding hydrogens is 1100 g/mol. The van der Waals surface area contributed by atoms with Crippen LogP contribution in [0.3, 0.4) is 0 Å². The monoisotopic (exact) mass is 1240 g/mol. The minimum absolute atomic E-state index is 0. The Morgan fingerprint density at radius 3 is 0.942 bits per heavy atom. The molecular formula is C70H140O16. The van der Waals surface area contributed by atoms with Crippen molar-refractivity contribution in [2.75, 3.05) is 26.4 Å². The van der Waals surface area contributed by atoms with Gasteiger partial charge in [-0.05, 0) is 183 Å². The van der Waals surface area contributed by atoms with Gasteiger partial charge in [0, 0.05) is 0 Å². The molecule has 0 heterocycles. The Morgan fingerprint density at radius 1 is 0.372 bits per heavy atom. The van der Waals surface area contributed by atoms with Crippen LogP contribution in [0.25, 0.3) is 0 Å². The van der Waals surface area contributed by atoms with E-state index >= 15 is 0 Å². The van der Waals surface area contributed by atoms with Gasteiger partial charge in [-0.2, -0.15) is 0 Å². The summed E-state index contributed by atoms with van der Waals surface area (Å²) in [4.78, 5) is 93.6. The molecule has 0 amide bonds. The van der Waals surface area contributed by atoms with Crippen LogP contribution < -0.4 is 0 Å². The van der Waals surface area contributed by atoms with E-state index in [4.69, 9.17) is 37.9 Å². The molecule has 4 rings (SSSR count). The summed E-state index contributed by atoms with van der Waals surface area (Å²) in [5.74, 6) is -2.48. The zero-order valence-electron chi connectivity index (χ0n) is 51.3. The predicted molar refractivity (Wildman–Crippen MR) is 354 cm³/mol. The number of carbonyl (C=O) groups is 8. The van der Waals surface area contributed by atoms with Gasteiger partial charge in [0.25, 0.3) is 0 Å². The van der Waals surface area contributed by atoms with E-state index in [1.165, 1.54) is 19.3 Å². The van der Waals surface area contributed by atoms with Gasteiger partial charge in [-0.15, -0.1) is 0 Å². The Labute approximate surface area is 529 Å². The Kier molecular flexibility index (Phi) is 56.5. The van der Waals surface area contributed by atoms with Gasteiger partial charge < -0.3 is 37.9 Å². The molecule has 86 heavy (non-hydrogen) atoms. The second kappa shape index (κ2) is 49.6. The molecule has 16 heteroatoms. The minimum Gasteiger partial charge on any atom is -0.465 e. The second-order valence-electron chi connectivity index (χ2n) is 24.1. The van der Waals surface area contributed by atoms with Crippen LogP contribution in [0.2, 0.25) is 0 Å². The van der Waals surface area contributed by atoms with Gasteiger partial charge in [-0.25, -0.2) is 4.79 Å². The molecule has 0 aliphatic heterocycles. The molecule has 0 saturated heterocycles. The van der Waals surface area contributed by atoms with E-state index in [0.717, 1.165) is 135 Å². The lowest BCUT2D eigenvalue weighted by Crippen LogP contribution is -2.37. The molecule has 4 aliphatic rings. The average molecular weight is 1240 g/mol. The summed E-state index contributed by atoms with van der Waals surface area (Å²) in [5, 5.41) is 0. The number of esters is 8. The lowest BCUT2D eigenvalue weighted by Gasteiger charge is -2.36. The summed E-state index contributed by atoms with van der Waals surface area (Å²) in [7, 11) is 0. The summed E-state index contributed by atoms with van der Waals surface area (Å²) in [6.45, 7) is 26.9. The zero-order chi connectivity index (χ0) is 59.1. The second-order valence-corrected chi connectivity index (χ2v) is 24.1. The topological polar surface area (TPSA) is 210 Å². The van der Waals surface area contributed by atoms with Crippen LogP contribution in [0.1, 0.15) is 336 Å². The molecule has 0 aromatic heterocycles. The largest absolute Gasteiger partial charge is 0.465 e. The highest BCUT2D eigenvalue weighted by Crippen LogP contribution is 2.37. The summed E-state index contributed by atoms with van der Waals surface area (Å²) in [6, 6.07) is 0. The number of ether oxygens (including phenoxy) is 8. The fourth-order valence-electron chi connectivity index (χ4n) is 9.41. The van der Waals surface area contributed by atoms with Crippen LogP contribution in [0, 0.1) is 22.7 Å². The van der Waals surface area contributed by atoms with Gasteiger partial charge in [0.1, 0.15) is 42.2 Å². The van der Waals surface area contributed by atoms with Gasteiger partial charge in [0.2, 0.25) is 0 Å². The molecule has 0 radical (unpaired) electrons. The van der Waals surface area contributed by atoms with E-state index in [9.17, 15) is 38.4 Å². The molecule has 4 aliphatic carbocycles. The minimum atomic E-state index is -0.544. The molecule has 0 spiro atoms. The molecule has 0 bridgehead atoms. The summed E-state index contributed by atoms with van der Waals surface area (Å²) >= 11 is 0. The van der Waals surface area contributed by atoms with Crippen LogP contribution in [0.15, 0.2) is 0 Å². The first-order valence-corrected chi connectivity index (χ1v) is 30.2. The number of hydrogen-bond acceptors (Lipinski definition) is 16. The smallest absolute Gasteiger partial charge is 0.344 e.